The molecular weight excluding hydrogens is 454 g/mol. The molecule has 36 heavy (non-hydrogen) atoms. The van der Waals surface area contributed by atoms with E-state index in [0.29, 0.717) is 42.1 Å². The van der Waals surface area contributed by atoms with Gasteiger partial charge in [-0.1, -0.05) is 12.1 Å². The third-order valence-electron chi connectivity index (χ3n) is 8.07. The van der Waals surface area contributed by atoms with Crippen LogP contribution in [-0.4, -0.2) is 96.0 Å². The Morgan fingerprint density at radius 2 is 1.89 bits per heavy atom. The number of likely N-dealkylation sites (tertiary alicyclic amines) is 1. The Kier molecular flexibility index (Phi) is 7.57. The summed E-state index contributed by atoms with van der Waals surface area (Å²) in [5, 5.41) is 25.7. The van der Waals surface area contributed by atoms with Crippen molar-refractivity contribution in [3.8, 4) is 17.0 Å². The van der Waals surface area contributed by atoms with Crippen LogP contribution in [0.2, 0.25) is 0 Å². The maximum atomic E-state index is 13.6. The molecule has 2 aromatic rings. The zero-order chi connectivity index (χ0) is 25.1. The fourth-order valence-electron chi connectivity index (χ4n) is 6.09. The predicted octanol–water partition coefficient (Wildman–Crippen LogP) is 2.39. The van der Waals surface area contributed by atoms with E-state index in [4.69, 9.17) is 0 Å². The van der Waals surface area contributed by atoms with Gasteiger partial charge in [0.1, 0.15) is 5.75 Å². The van der Waals surface area contributed by atoms with Crippen LogP contribution in [0.4, 0.5) is 11.5 Å². The van der Waals surface area contributed by atoms with Gasteiger partial charge in [-0.05, 0) is 70.4 Å². The zero-order valence-electron chi connectivity index (χ0n) is 21.5. The second kappa shape index (κ2) is 11.0. The molecule has 3 N–H and O–H groups in total. The number of piperazine rings is 1. The van der Waals surface area contributed by atoms with E-state index in [1.807, 2.05) is 25.2 Å². The molecule has 0 saturated carbocycles. The lowest BCUT2D eigenvalue weighted by atomic mass is 9.92. The van der Waals surface area contributed by atoms with Crippen LogP contribution in [0.15, 0.2) is 30.3 Å². The van der Waals surface area contributed by atoms with Crippen LogP contribution in [-0.2, 0) is 4.79 Å². The lowest BCUT2D eigenvalue weighted by Gasteiger charge is -2.44. The number of carbonyl (C=O) groups excluding carboxylic acids is 1. The standard InChI is InChI=1S/C27H39N7O2/c1-19-17-33(27(36)20-6-5-13-32(18-20)21-9-11-29-12-10-21)14-15-34(19)24-16-23(30-31-26(24)28-2)22-7-3-4-8-25(22)35/h3-4,7-8,16,19-21,29,35H,5-6,9-15,17-18H2,1-2H3,(H,28,31)/t19-,20-/m0/s1. The van der Waals surface area contributed by atoms with Gasteiger partial charge in [0.05, 0.1) is 17.3 Å². The number of hydrogen-bond acceptors (Lipinski definition) is 8. The van der Waals surface area contributed by atoms with Crippen molar-refractivity contribution in [2.24, 2.45) is 5.92 Å². The number of aromatic hydroxyl groups is 1. The van der Waals surface area contributed by atoms with Gasteiger partial charge in [-0.3, -0.25) is 9.69 Å². The van der Waals surface area contributed by atoms with Crippen LogP contribution in [0.5, 0.6) is 5.75 Å². The number of phenols is 1. The molecule has 2 atom stereocenters. The number of nitrogens with one attached hydrogen (secondary N) is 2. The van der Waals surface area contributed by atoms with Crippen LogP contribution in [0, 0.1) is 5.92 Å². The van der Waals surface area contributed by atoms with Gasteiger partial charge in [0, 0.05) is 50.9 Å². The summed E-state index contributed by atoms with van der Waals surface area (Å²) < 4.78 is 0. The van der Waals surface area contributed by atoms with E-state index in [9.17, 15) is 9.90 Å². The molecule has 9 nitrogen and oxygen atoms in total. The number of nitrogens with zero attached hydrogens (tertiary/aromatic N) is 5. The number of phenolic OH excluding ortho intramolecular Hbond substituents is 1. The summed E-state index contributed by atoms with van der Waals surface area (Å²) in [5.74, 6) is 1.31. The predicted molar refractivity (Wildman–Crippen MR) is 142 cm³/mol. The summed E-state index contributed by atoms with van der Waals surface area (Å²) in [6.07, 6.45) is 4.48. The first-order valence-electron chi connectivity index (χ1n) is 13.4. The molecular formula is C27H39N7O2. The Morgan fingerprint density at radius 3 is 2.64 bits per heavy atom. The molecule has 3 fully saturated rings. The average molecular weight is 494 g/mol. The molecule has 194 valence electrons. The van der Waals surface area contributed by atoms with E-state index in [-0.39, 0.29) is 17.7 Å². The molecule has 1 aromatic carbocycles. The van der Waals surface area contributed by atoms with Crippen LogP contribution >= 0.6 is 0 Å². The Labute approximate surface area is 213 Å². The molecule has 3 aliphatic rings. The first kappa shape index (κ1) is 24.8. The van der Waals surface area contributed by atoms with E-state index < -0.39 is 0 Å². The Balaban J connectivity index is 1.27. The number of anilines is 2. The summed E-state index contributed by atoms with van der Waals surface area (Å²) in [6.45, 7) is 8.50. The molecule has 3 saturated heterocycles. The van der Waals surface area contributed by atoms with Crippen molar-refractivity contribution >= 4 is 17.4 Å². The zero-order valence-corrected chi connectivity index (χ0v) is 21.5. The van der Waals surface area contributed by atoms with Gasteiger partial charge in [-0.2, -0.15) is 0 Å². The van der Waals surface area contributed by atoms with E-state index in [1.165, 1.54) is 12.8 Å². The largest absolute Gasteiger partial charge is 0.507 e. The average Bonchev–Trinajstić information content (AvgIpc) is 2.93. The number of aromatic nitrogens is 2. The van der Waals surface area contributed by atoms with Gasteiger partial charge in [0.15, 0.2) is 5.82 Å². The van der Waals surface area contributed by atoms with Gasteiger partial charge in [-0.25, -0.2) is 0 Å². The van der Waals surface area contributed by atoms with E-state index in [2.05, 4.69) is 42.5 Å². The second-order valence-electron chi connectivity index (χ2n) is 10.4. The number of benzene rings is 1. The number of carbonyl (C=O) groups is 1. The maximum absolute atomic E-state index is 13.6. The summed E-state index contributed by atoms with van der Waals surface area (Å²) in [4.78, 5) is 20.5. The van der Waals surface area contributed by atoms with Crippen molar-refractivity contribution in [3.05, 3.63) is 30.3 Å². The van der Waals surface area contributed by atoms with E-state index >= 15 is 0 Å². The van der Waals surface area contributed by atoms with Gasteiger partial charge >= 0.3 is 0 Å². The van der Waals surface area contributed by atoms with Crippen molar-refractivity contribution in [1.29, 1.82) is 0 Å². The van der Waals surface area contributed by atoms with Gasteiger partial charge in [-0.15, -0.1) is 10.2 Å². The topological polar surface area (TPSA) is 96.9 Å². The minimum absolute atomic E-state index is 0.107. The minimum Gasteiger partial charge on any atom is -0.507 e. The van der Waals surface area contributed by atoms with Crippen molar-refractivity contribution in [3.63, 3.8) is 0 Å². The number of amides is 1. The van der Waals surface area contributed by atoms with Crippen molar-refractivity contribution in [1.82, 2.24) is 25.3 Å². The minimum atomic E-state index is 0.107. The smallest absolute Gasteiger partial charge is 0.227 e. The van der Waals surface area contributed by atoms with Gasteiger partial charge in [0.2, 0.25) is 5.91 Å². The fraction of sp³-hybridized carbons (Fsp3) is 0.593. The molecule has 0 aliphatic carbocycles. The summed E-state index contributed by atoms with van der Waals surface area (Å²) in [5.41, 5.74) is 2.24. The highest BCUT2D eigenvalue weighted by atomic mass is 16.3. The summed E-state index contributed by atoms with van der Waals surface area (Å²) in [7, 11) is 1.84. The number of rotatable bonds is 5. The molecule has 0 unspecified atom stereocenters. The highest BCUT2D eigenvalue weighted by molar-refractivity contribution is 5.80. The van der Waals surface area contributed by atoms with Crippen LogP contribution in [0.1, 0.15) is 32.6 Å². The van der Waals surface area contributed by atoms with E-state index in [1.54, 1.807) is 12.1 Å². The summed E-state index contributed by atoms with van der Waals surface area (Å²) in [6, 6.07) is 9.93. The third-order valence-corrected chi connectivity index (χ3v) is 8.07. The highest BCUT2D eigenvalue weighted by Gasteiger charge is 2.35. The number of hydrogen-bond donors (Lipinski definition) is 3. The molecule has 3 aliphatic heterocycles. The molecule has 5 rings (SSSR count). The summed E-state index contributed by atoms with van der Waals surface area (Å²) >= 11 is 0. The maximum Gasteiger partial charge on any atom is 0.227 e. The molecule has 0 spiro atoms. The lowest BCUT2D eigenvalue weighted by molar-refractivity contribution is -0.138. The fourth-order valence-corrected chi connectivity index (χ4v) is 6.09. The third kappa shape index (κ3) is 5.13. The number of piperidine rings is 2. The normalized spacial score (nSPS) is 24.1. The molecule has 0 radical (unpaired) electrons. The van der Waals surface area contributed by atoms with E-state index in [0.717, 1.165) is 51.3 Å². The van der Waals surface area contributed by atoms with Crippen molar-refractivity contribution in [2.75, 3.05) is 63.1 Å². The molecule has 9 heteroatoms. The van der Waals surface area contributed by atoms with Gasteiger partial charge in [0.25, 0.3) is 0 Å². The molecule has 0 bridgehead atoms. The number of para-hydroxylation sites is 1. The molecule has 1 aromatic heterocycles. The molecule has 1 amide bonds. The van der Waals surface area contributed by atoms with Gasteiger partial charge < -0.3 is 25.5 Å². The SMILES string of the molecule is CNc1nnc(-c2ccccc2O)cc1N1CCN(C(=O)[C@H]2CCCN(C3CCNCC3)C2)C[C@@H]1C. The van der Waals surface area contributed by atoms with Crippen molar-refractivity contribution < 1.29 is 9.90 Å². The second-order valence-corrected chi connectivity index (χ2v) is 10.4. The first-order chi connectivity index (χ1) is 17.5. The highest BCUT2D eigenvalue weighted by Crippen LogP contribution is 2.34. The quantitative estimate of drug-likeness (QED) is 0.584. The first-order valence-corrected chi connectivity index (χ1v) is 13.4. The Hall–Kier alpha value is -2.91. The van der Waals surface area contributed by atoms with Crippen molar-refractivity contribution in [2.45, 2.75) is 44.7 Å². The van der Waals surface area contributed by atoms with Crippen LogP contribution in [0.3, 0.4) is 0 Å². The lowest BCUT2D eigenvalue weighted by Crippen LogP contribution is -2.57. The molecule has 4 heterocycles. The Bertz CT molecular complexity index is 1060. The Morgan fingerprint density at radius 1 is 1.08 bits per heavy atom. The monoisotopic (exact) mass is 493 g/mol. The van der Waals surface area contributed by atoms with Crippen LogP contribution in [0.25, 0.3) is 11.3 Å². The van der Waals surface area contributed by atoms with Crippen LogP contribution < -0.4 is 15.5 Å².